The fourth-order valence-corrected chi connectivity index (χ4v) is 2.54. The Bertz CT molecular complexity index is 594. The highest BCUT2D eigenvalue weighted by Gasteiger charge is 2.10. The number of rotatable bonds is 4. The second kappa shape index (κ2) is 6.42. The summed E-state index contributed by atoms with van der Waals surface area (Å²) in [5.74, 6) is 0.349. The number of hydrogen-bond acceptors (Lipinski definition) is 2. The van der Waals surface area contributed by atoms with Crippen LogP contribution in [0.4, 0.5) is 0 Å². The van der Waals surface area contributed by atoms with Crippen molar-refractivity contribution in [3.05, 3.63) is 62.5 Å². The summed E-state index contributed by atoms with van der Waals surface area (Å²) in [7, 11) is 0. The fourth-order valence-electron chi connectivity index (χ4n) is 1.53. The topological polar surface area (TPSA) is 26.3 Å². The minimum absolute atomic E-state index is 0.0702. The summed E-state index contributed by atoms with van der Waals surface area (Å²) in [6.07, 6.45) is 0. The SMILES string of the molecule is O=C(COc1cc(Cl)cc(Cl)c1)c1ccccc1Br. The Morgan fingerprint density at radius 2 is 1.74 bits per heavy atom. The predicted octanol–water partition coefficient (Wildman–Crippen LogP) is 5.02. The summed E-state index contributed by atoms with van der Waals surface area (Å²) in [5.41, 5.74) is 0.579. The maximum absolute atomic E-state index is 12.0. The Balaban J connectivity index is 2.07. The van der Waals surface area contributed by atoms with E-state index in [2.05, 4.69) is 15.9 Å². The lowest BCUT2D eigenvalue weighted by molar-refractivity contribution is 0.0921. The van der Waals surface area contributed by atoms with Gasteiger partial charge < -0.3 is 4.74 Å². The standard InChI is InChI=1S/C14H9BrCl2O2/c15-13-4-2-1-3-12(13)14(18)8-19-11-6-9(16)5-10(17)7-11/h1-7H,8H2. The van der Waals surface area contributed by atoms with Gasteiger partial charge in [-0.2, -0.15) is 0 Å². The normalized spacial score (nSPS) is 10.3. The van der Waals surface area contributed by atoms with Gasteiger partial charge in [0.1, 0.15) is 5.75 Å². The molecule has 0 bridgehead atoms. The van der Waals surface area contributed by atoms with E-state index < -0.39 is 0 Å². The third kappa shape index (κ3) is 3.96. The number of carbonyl (C=O) groups excluding carboxylic acids is 1. The lowest BCUT2D eigenvalue weighted by Crippen LogP contribution is -2.12. The van der Waals surface area contributed by atoms with E-state index in [9.17, 15) is 4.79 Å². The Labute approximate surface area is 129 Å². The van der Waals surface area contributed by atoms with Gasteiger partial charge in [-0.05, 0) is 24.3 Å². The van der Waals surface area contributed by atoms with Gasteiger partial charge >= 0.3 is 0 Å². The summed E-state index contributed by atoms with van der Waals surface area (Å²) >= 11 is 15.0. The van der Waals surface area contributed by atoms with Gasteiger partial charge in [0.2, 0.25) is 5.78 Å². The molecule has 0 heterocycles. The van der Waals surface area contributed by atoms with E-state index >= 15 is 0 Å². The molecule has 0 aliphatic carbocycles. The largest absolute Gasteiger partial charge is 0.485 e. The van der Waals surface area contributed by atoms with Crippen molar-refractivity contribution in [2.45, 2.75) is 0 Å². The van der Waals surface area contributed by atoms with E-state index in [1.165, 1.54) is 0 Å². The lowest BCUT2D eigenvalue weighted by Gasteiger charge is -2.07. The van der Waals surface area contributed by atoms with Crippen molar-refractivity contribution >= 4 is 44.9 Å². The monoisotopic (exact) mass is 358 g/mol. The van der Waals surface area contributed by atoms with Crippen LogP contribution in [0, 0.1) is 0 Å². The Hall–Kier alpha value is -1.03. The summed E-state index contributed by atoms with van der Waals surface area (Å²) < 4.78 is 6.14. The predicted molar refractivity (Wildman–Crippen MR) is 80.4 cm³/mol. The van der Waals surface area contributed by atoms with Crippen LogP contribution in [-0.4, -0.2) is 12.4 Å². The molecule has 0 aliphatic heterocycles. The molecule has 0 amide bonds. The Kier molecular flexibility index (Phi) is 4.86. The second-order valence-electron chi connectivity index (χ2n) is 3.80. The average molecular weight is 360 g/mol. The van der Waals surface area contributed by atoms with E-state index in [4.69, 9.17) is 27.9 Å². The molecule has 0 saturated carbocycles. The molecule has 19 heavy (non-hydrogen) atoms. The van der Waals surface area contributed by atoms with Gasteiger partial charge in [0.05, 0.1) is 0 Å². The molecule has 98 valence electrons. The van der Waals surface area contributed by atoms with Crippen molar-refractivity contribution in [3.63, 3.8) is 0 Å². The molecular weight excluding hydrogens is 351 g/mol. The first-order valence-electron chi connectivity index (χ1n) is 5.43. The maximum atomic E-state index is 12.0. The molecule has 0 fully saturated rings. The summed E-state index contributed by atoms with van der Waals surface area (Å²) in [5, 5.41) is 0.937. The first-order chi connectivity index (χ1) is 9.06. The third-order valence-electron chi connectivity index (χ3n) is 2.38. The molecule has 0 atom stereocenters. The van der Waals surface area contributed by atoms with Crippen LogP contribution < -0.4 is 4.74 Å². The molecule has 2 rings (SSSR count). The molecule has 2 nitrogen and oxygen atoms in total. The number of ketones is 1. The average Bonchev–Trinajstić information content (AvgIpc) is 2.35. The van der Waals surface area contributed by atoms with Crippen molar-refractivity contribution in [2.24, 2.45) is 0 Å². The lowest BCUT2D eigenvalue weighted by atomic mass is 10.1. The maximum Gasteiger partial charge on any atom is 0.201 e. The molecule has 0 N–H and O–H groups in total. The van der Waals surface area contributed by atoms with Crippen molar-refractivity contribution in [3.8, 4) is 5.75 Å². The van der Waals surface area contributed by atoms with Gasteiger partial charge in [-0.3, -0.25) is 4.79 Å². The van der Waals surface area contributed by atoms with Gasteiger partial charge in [-0.25, -0.2) is 0 Å². The summed E-state index contributed by atoms with van der Waals surface area (Å²) in [6, 6.07) is 12.0. The number of halogens is 3. The van der Waals surface area contributed by atoms with E-state index in [0.29, 0.717) is 21.4 Å². The minimum Gasteiger partial charge on any atom is -0.485 e. The number of benzene rings is 2. The molecule has 0 radical (unpaired) electrons. The van der Waals surface area contributed by atoms with E-state index in [0.717, 1.165) is 4.47 Å². The van der Waals surface area contributed by atoms with E-state index in [1.807, 2.05) is 12.1 Å². The van der Waals surface area contributed by atoms with Crippen LogP contribution in [0.3, 0.4) is 0 Å². The van der Waals surface area contributed by atoms with Crippen LogP contribution in [0.1, 0.15) is 10.4 Å². The van der Waals surface area contributed by atoms with Crippen LogP contribution >= 0.6 is 39.1 Å². The first kappa shape index (κ1) is 14.4. The van der Waals surface area contributed by atoms with Crippen molar-refractivity contribution in [2.75, 3.05) is 6.61 Å². The van der Waals surface area contributed by atoms with Crippen LogP contribution in [0.5, 0.6) is 5.75 Å². The number of ether oxygens (including phenoxy) is 1. The Morgan fingerprint density at radius 1 is 1.11 bits per heavy atom. The molecule has 2 aromatic rings. The molecule has 0 aromatic heterocycles. The van der Waals surface area contributed by atoms with E-state index in [1.54, 1.807) is 30.3 Å². The molecular formula is C14H9BrCl2O2. The molecule has 0 spiro atoms. The number of Topliss-reactive ketones (excluding diaryl/α,β-unsaturated/α-hetero) is 1. The van der Waals surface area contributed by atoms with Crippen LogP contribution in [0.15, 0.2) is 46.9 Å². The van der Waals surface area contributed by atoms with Crippen molar-refractivity contribution < 1.29 is 9.53 Å². The van der Waals surface area contributed by atoms with E-state index in [-0.39, 0.29) is 12.4 Å². The minimum atomic E-state index is -0.122. The van der Waals surface area contributed by atoms with Gasteiger partial charge in [0.15, 0.2) is 6.61 Å². The quantitative estimate of drug-likeness (QED) is 0.716. The zero-order chi connectivity index (χ0) is 13.8. The molecule has 5 heteroatoms. The molecule has 0 aliphatic rings. The zero-order valence-electron chi connectivity index (χ0n) is 9.70. The fraction of sp³-hybridized carbons (Fsp3) is 0.0714. The van der Waals surface area contributed by atoms with Gasteiger partial charge in [0, 0.05) is 20.1 Å². The summed E-state index contributed by atoms with van der Waals surface area (Å²) in [4.78, 5) is 12.0. The van der Waals surface area contributed by atoms with Crippen molar-refractivity contribution in [1.29, 1.82) is 0 Å². The van der Waals surface area contributed by atoms with Crippen LogP contribution in [0.2, 0.25) is 10.0 Å². The smallest absolute Gasteiger partial charge is 0.201 e. The van der Waals surface area contributed by atoms with Gasteiger partial charge in [-0.15, -0.1) is 0 Å². The highest BCUT2D eigenvalue weighted by atomic mass is 79.9. The van der Waals surface area contributed by atoms with Gasteiger partial charge in [-0.1, -0.05) is 57.3 Å². The molecule has 0 saturated heterocycles. The van der Waals surface area contributed by atoms with Gasteiger partial charge in [0.25, 0.3) is 0 Å². The highest BCUT2D eigenvalue weighted by molar-refractivity contribution is 9.10. The van der Waals surface area contributed by atoms with Crippen LogP contribution in [-0.2, 0) is 0 Å². The zero-order valence-corrected chi connectivity index (χ0v) is 12.8. The van der Waals surface area contributed by atoms with Crippen LogP contribution in [0.25, 0.3) is 0 Å². The molecule has 2 aromatic carbocycles. The van der Waals surface area contributed by atoms with Crippen molar-refractivity contribution in [1.82, 2.24) is 0 Å². The highest BCUT2D eigenvalue weighted by Crippen LogP contribution is 2.24. The Morgan fingerprint density at radius 3 is 2.37 bits per heavy atom. The second-order valence-corrected chi connectivity index (χ2v) is 5.52. The number of hydrogen-bond donors (Lipinski definition) is 0. The number of carbonyl (C=O) groups is 1. The molecule has 0 unspecified atom stereocenters. The third-order valence-corrected chi connectivity index (χ3v) is 3.51. The summed E-state index contributed by atoms with van der Waals surface area (Å²) in [6.45, 7) is -0.0702. The first-order valence-corrected chi connectivity index (χ1v) is 6.98.